The molecule has 0 aliphatic rings. The number of anilines is 1. The molecule has 2 aromatic rings. The molecule has 1 aromatic carbocycles. The predicted octanol–water partition coefficient (Wildman–Crippen LogP) is 2.76. The highest BCUT2D eigenvalue weighted by Gasteiger charge is 2.22. The quantitative estimate of drug-likeness (QED) is 0.870. The van der Waals surface area contributed by atoms with Crippen molar-refractivity contribution >= 4 is 11.6 Å². The van der Waals surface area contributed by atoms with Crippen LogP contribution >= 0.6 is 0 Å². The number of hydrogen-bond donors (Lipinski definition) is 2. The maximum Gasteiger partial charge on any atom is 0.229 e. The van der Waals surface area contributed by atoms with Crippen molar-refractivity contribution in [3.63, 3.8) is 0 Å². The van der Waals surface area contributed by atoms with Crippen LogP contribution in [-0.4, -0.2) is 21.1 Å². The first-order chi connectivity index (χ1) is 8.88. The molecule has 0 spiro atoms. The summed E-state index contributed by atoms with van der Waals surface area (Å²) in [6, 6.07) is 7.51. The van der Waals surface area contributed by atoms with Crippen LogP contribution in [0.5, 0.6) is 0 Å². The molecule has 1 heterocycles. The van der Waals surface area contributed by atoms with E-state index in [9.17, 15) is 4.79 Å². The highest BCUT2D eigenvalue weighted by Crippen LogP contribution is 2.26. The van der Waals surface area contributed by atoms with Gasteiger partial charge in [-0.15, -0.1) is 0 Å². The van der Waals surface area contributed by atoms with Crippen LogP contribution in [0.3, 0.4) is 0 Å². The molecule has 0 aliphatic carbocycles. The number of H-pyrrole nitrogens is 1. The number of carbonyl (C=O) groups excluding carboxylic acids is 1. The third-order valence-electron chi connectivity index (χ3n) is 2.69. The van der Waals surface area contributed by atoms with Crippen molar-refractivity contribution in [3.05, 3.63) is 30.1 Å². The number of amides is 1. The number of para-hydroxylation sites is 1. The number of nitrogens with zero attached hydrogens (tertiary/aromatic N) is 2. The molecule has 0 atom stereocenters. The van der Waals surface area contributed by atoms with Gasteiger partial charge in [0.2, 0.25) is 5.91 Å². The fraction of sp³-hybridized carbons (Fsp3) is 0.357. The molecule has 0 bridgehead atoms. The summed E-state index contributed by atoms with van der Waals surface area (Å²) in [6.07, 6.45) is 0. The summed E-state index contributed by atoms with van der Waals surface area (Å²) in [6.45, 7) is 7.47. The number of aryl methyl sites for hydroxylation is 1. The lowest BCUT2D eigenvalue weighted by molar-refractivity contribution is -0.123. The van der Waals surface area contributed by atoms with Crippen molar-refractivity contribution in [3.8, 4) is 11.4 Å². The standard InChI is InChI=1S/C14H18N4O/c1-9-15-12(18-17-9)10-7-5-6-8-11(10)16-13(19)14(2,3)4/h5-8H,1-4H3,(H,16,19)(H,15,17,18). The third-order valence-corrected chi connectivity index (χ3v) is 2.69. The Morgan fingerprint density at radius 1 is 1.26 bits per heavy atom. The lowest BCUT2D eigenvalue weighted by Gasteiger charge is -2.18. The molecule has 1 aromatic heterocycles. The number of aromatic amines is 1. The maximum absolute atomic E-state index is 12.1. The summed E-state index contributed by atoms with van der Waals surface area (Å²) in [5.41, 5.74) is 1.09. The number of rotatable bonds is 2. The van der Waals surface area contributed by atoms with E-state index in [0.717, 1.165) is 17.1 Å². The molecule has 2 N–H and O–H groups in total. The van der Waals surface area contributed by atoms with Crippen molar-refractivity contribution < 1.29 is 4.79 Å². The highest BCUT2D eigenvalue weighted by atomic mass is 16.2. The van der Waals surface area contributed by atoms with Crippen LogP contribution in [0.15, 0.2) is 24.3 Å². The zero-order valence-electron chi connectivity index (χ0n) is 11.6. The molecule has 2 rings (SSSR count). The van der Waals surface area contributed by atoms with E-state index in [4.69, 9.17) is 0 Å². The fourth-order valence-electron chi connectivity index (χ4n) is 1.56. The molecule has 19 heavy (non-hydrogen) atoms. The summed E-state index contributed by atoms with van der Waals surface area (Å²) >= 11 is 0. The second-order valence-corrected chi connectivity index (χ2v) is 5.49. The van der Waals surface area contributed by atoms with E-state index >= 15 is 0 Å². The molecule has 100 valence electrons. The van der Waals surface area contributed by atoms with Crippen molar-refractivity contribution in [2.75, 3.05) is 5.32 Å². The van der Waals surface area contributed by atoms with E-state index in [1.807, 2.05) is 52.0 Å². The molecule has 0 unspecified atom stereocenters. The van der Waals surface area contributed by atoms with Gasteiger partial charge in [0.25, 0.3) is 0 Å². The average Bonchev–Trinajstić information content (AvgIpc) is 2.75. The van der Waals surface area contributed by atoms with Gasteiger partial charge >= 0.3 is 0 Å². The Labute approximate surface area is 112 Å². The Balaban J connectivity index is 2.35. The Hall–Kier alpha value is -2.17. The molecular weight excluding hydrogens is 240 g/mol. The van der Waals surface area contributed by atoms with E-state index in [-0.39, 0.29) is 5.91 Å². The van der Waals surface area contributed by atoms with Crippen LogP contribution < -0.4 is 5.32 Å². The van der Waals surface area contributed by atoms with Gasteiger partial charge in [-0.3, -0.25) is 9.89 Å². The minimum atomic E-state index is -0.442. The molecule has 0 saturated heterocycles. The van der Waals surface area contributed by atoms with Gasteiger partial charge in [0.05, 0.1) is 5.69 Å². The van der Waals surface area contributed by atoms with Crippen molar-refractivity contribution in [1.29, 1.82) is 0 Å². The van der Waals surface area contributed by atoms with Crippen molar-refractivity contribution in [1.82, 2.24) is 15.2 Å². The zero-order valence-corrected chi connectivity index (χ0v) is 11.6. The van der Waals surface area contributed by atoms with Crippen LogP contribution in [0.4, 0.5) is 5.69 Å². The summed E-state index contributed by atoms with van der Waals surface area (Å²) < 4.78 is 0. The molecule has 0 fully saturated rings. The summed E-state index contributed by atoms with van der Waals surface area (Å²) in [4.78, 5) is 16.4. The number of aromatic nitrogens is 3. The SMILES string of the molecule is Cc1nc(-c2ccccc2NC(=O)C(C)(C)C)n[nH]1. The fourth-order valence-corrected chi connectivity index (χ4v) is 1.56. The van der Waals surface area contributed by atoms with E-state index < -0.39 is 5.41 Å². The van der Waals surface area contributed by atoms with E-state index in [0.29, 0.717) is 5.82 Å². The van der Waals surface area contributed by atoms with Gasteiger partial charge in [-0.25, -0.2) is 4.98 Å². The summed E-state index contributed by atoms with van der Waals surface area (Å²) in [5, 5.41) is 9.86. The maximum atomic E-state index is 12.1. The molecule has 0 saturated carbocycles. The zero-order chi connectivity index (χ0) is 14.0. The van der Waals surface area contributed by atoms with E-state index in [2.05, 4.69) is 20.5 Å². The lowest BCUT2D eigenvalue weighted by atomic mass is 9.95. The topological polar surface area (TPSA) is 70.7 Å². The molecule has 5 nitrogen and oxygen atoms in total. The molecule has 0 radical (unpaired) electrons. The average molecular weight is 258 g/mol. The Kier molecular flexibility index (Phi) is 3.38. The molecule has 1 amide bonds. The van der Waals surface area contributed by atoms with Gasteiger partial charge in [0.1, 0.15) is 5.82 Å². The minimum absolute atomic E-state index is 0.0350. The number of carbonyl (C=O) groups is 1. The summed E-state index contributed by atoms with van der Waals surface area (Å²) in [5.74, 6) is 1.29. The van der Waals surface area contributed by atoms with Gasteiger partial charge in [-0.1, -0.05) is 32.9 Å². The smallest absolute Gasteiger partial charge is 0.229 e. The van der Waals surface area contributed by atoms with Gasteiger partial charge < -0.3 is 5.32 Å². The van der Waals surface area contributed by atoms with Gasteiger partial charge in [-0.2, -0.15) is 5.10 Å². The van der Waals surface area contributed by atoms with Crippen molar-refractivity contribution in [2.24, 2.45) is 5.41 Å². The Bertz CT molecular complexity index is 595. The summed E-state index contributed by atoms with van der Waals surface area (Å²) in [7, 11) is 0. The first-order valence-corrected chi connectivity index (χ1v) is 6.18. The number of nitrogens with one attached hydrogen (secondary N) is 2. The van der Waals surface area contributed by atoms with E-state index in [1.54, 1.807) is 0 Å². The minimum Gasteiger partial charge on any atom is -0.325 e. The normalized spacial score (nSPS) is 11.4. The largest absolute Gasteiger partial charge is 0.325 e. The van der Waals surface area contributed by atoms with Crippen LogP contribution in [0, 0.1) is 12.3 Å². The first kappa shape index (κ1) is 13.3. The Morgan fingerprint density at radius 2 is 1.95 bits per heavy atom. The molecule has 0 aliphatic heterocycles. The van der Waals surface area contributed by atoms with Crippen LogP contribution in [0.25, 0.3) is 11.4 Å². The van der Waals surface area contributed by atoms with Gasteiger partial charge in [0.15, 0.2) is 5.82 Å². The second kappa shape index (κ2) is 4.84. The van der Waals surface area contributed by atoms with Gasteiger partial charge in [0, 0.05) is 11.0 Å². The van der Waals surface area contributed by atoms with Crippen molar-refractivity contribution in [2.45, 2.75) is 27.7 Å². The lowest BCUT2D eigenvalue weighted by Crippen LogP contribution is -2.27. The van der Waals surface area contributed by atoms with Crippen LogP contribution in [0.1, 0.15) is 26.6 Å². The monoisotopic (exact) mass is 258 g/mol. The Morgan fingerprint density at radius 3 is 2.53 bits per heavy atom. The molecule has 5 heteroatoms. The van der Waals surface area contributed by atoms with E-state index in [1.165, 1.54) is 0 Å². The number of hydrogen-bond acceptors (Lipinski definition) is 3. The van der Waals surface area contributed by atoms with Crippen LogP contribution in [0.2, 0.25) is 0 Å². The highest BCUT2D eigenvalue weighted by molar-refractivity contribution is 5.97. The predicted molar refractivity (Wildman–Crippen MR) is 74.6 cm³/mol. The third kappa shape index (κ3) is 2.99. The van der Waals surface area contributed by atoms with Gasteiger partial charge in [-0.05, 0) is 19.1 Å². The van der Waals surface area contributed by atoms with Crippen LogP contribution in [-0.2, 0) is 4.79 Å². The second-order valence-electron chi connectivity index (χ2n) is 5.49. The first-order valence-electron chi connectivity index (χ1n) is 6.18. The number of benzene rings is 1. The molecular formula is C14H18N4O.